The third-order valence-electron chi connectivity index (χ3n) is 8.27. The van der Waals surface area contributed by atoms with Crippen LogP contribution in [0.4, 0.5) is 4.39 Å². The van der Waals surface area contributed by atoms with Gasteiger partial charge < -0.3 is 9.97 Å². The Bertz CT molecular complexity index is 2150. The number of nitrogens with zero attached hydrogens (tertiary/aromatic N) is 2. The zero-order valence-corrected chi connectivity index (χ0v) is 32.4. The third-order valence-corrected chi connectivity index (χ3v) is 11.5. The number of halogens is 1. The van der Waals surface area contributed by atoms with Crippen LogP contribution in [0.1, 0.15) is 25.0 Å². The van der Waals surface area contributed by atoms with E-state index in [0.29, 0.717) is 5.92 Å². The molecule has 0 fully saturated rings. The van der Waals surface area contributed by atoms with Crippen molar-refractivity contribution in [1.29, 1.82) is 0 Å². The smallest absolute Gasteiger partial charge is 0.0798 e. The molecule has 0 aliphatic heterocycles. The summed E-state index contributed by atoms with van der Waals surface area (Å²) in [7, 11) is -1.41. The Morgan fingerprint density at radius 2 is 1.54 bits per heavy atom. The van der Waals surface area contributed by atoms with Crippen LogP contribution in [0, 0.1) is 30.8 Å². The minimum Gasteiger partial charge on any atom is -0.305 e. The van der Waals surface area contributed by atoms with E-state index in [-0.39, 0.29) is 25.9 Å². The Balaban J connectivity index is 0.000000189. The second-order valence-corrected chi connectivity index (χ2v) is 19.5. The van der Waals surface area contributed by atoms with Crippen molar-refractivity contribution in [2.75, 3.05) is 0 Å². The molecule has 2 nitrogen and oxygen atoms in total. The van der Waals surface area contributed by atoms with Gasteiger partial charge in [0, 0.05) is 48.6 Å². The molecule has 7 aromatic rings. The van der Waals surface area contributed by atoms with E-state index in [9.17, 15) is 4.39 Å². The zero-order chi connectivity index (χ0) is 33.1. The minimum absolute atomic E-state index is 0. The first-order valence-electron chi connectivity index (χ1n) is 16.1. The zero-order valence-electron chi connectivity index (χ0n) is 28.2. The van der Waals surface area contributed by atoms with Crippen molar-refractivity contribution in [3.8, 4) is 33.6 Å². The van der Waals surface area contributed by atoms with Crippen molar-refractivity contribution in [2.45, 2.75) is 46.8 Å². The van der Waals surface area contributed by atoms with Gasteiger partial charge in [0.15, 0.2) is 0 Å². The van der Waals surface area contributed by atoms with Crippen molar-refractivity contribution in [3.63, 3.8) is 0 Å². The second kappa shape index (κ2) is 15.2. The van der Waals surface area contributed by atoms with Crippen LogP contribution in [0.15, 0.2) is 109 Å². The van der Waals surface area contributed by atoms with E-state index in [4.69, 9.17) is 4.98 Å². The number of aryl methyl sites for hydroxylation is 1. The fourth-order valence-corrected chi connectivity index (χ4v) is 8.78. The van der Waals surface area contributed by atoms with Gasteiger partial charge in [-0.3, -0.25) is 4.39 Å². The molecular formula is C42H39FIrN2SSi-2. The first-order chi connectivity index (χ1) is 22.6. The SMILES string of the molecule is CC(C)Cc1cc(-c2[c-]cc(F)cc2)ncc1[Si](C)(C)C.Cc1cc(-c2[c-]ccc3c2sc2ccccc23)ncc1-c1ccccc1.[Ir]. The maximum absolute atomic E-state index is 13.0. The number of benzene rings is 4. The minimum atomic E-state index is -1.41. The summed E-state index contributed by atoms with van der Waals surface area (Å²) < 4.78 is 15.6. The molecule has 0 saturated heterocycles. The molecule has 48 heavy (non-hydrogen) atoms. The van der Waals surface area contributed by atoms with Crippen molar-refractivity contribution in [3.05, 3.63) is 139 Å². The average Bonchev–Trinajstić information content (AvgIpc) is 3.44. The standard InChI is InChI=1S/C24H16NS.C18H23FNSi.Ir/c1-16-14-22(25-15-21(16)17-8-3-2-4-9-17)20-12-7-11-19-18-10-5-6-13-23(18)26-24(19)20;1-13(2)10-15-11-17(14-6-8-16(19)9-7-14)20-12-18(15)21(3,4)5;/h2-11,13-15H,1H3;6,8-9,11-13H,10H2,1-5H3;/q2*-1;. The second-order valence-electron chi connectivity index (χ2n) is 13.4. The van der Waals surface area contributed by atoms with Crippen LogP contribution >= 0.6 is 11.3 Å². The van der Waals surface area contributed by atoms with Gasteiger partial charge in [0.25, 0.3) is 0 Å². The molecule has 7 rings (SSSR count). The molecule has 3 heterocycles. The Morgan fingerprint density at radius 1 is 0.812 bits per heavy atom. The van der Waals surface area contributed by atoms with E-state index in [1.54, 1.807) is 6.07 Å². The first-order valence-corrected chi connectivity index (χ1v) is 20.4. The first kappa shape index (κ1) is 35.5. The Kier molecular flexibility index (Phi) is 11.2. The van der Waals surface area contributed by atoms with E-state index < -0.39 is 8.07 Å². The van der Waals surface area contributed by atoms with Gasteiger partial charge in [-0.2, -0.15) is 11.3 Å². The molecule has 6 heteroatoms. The molecule has 1 radical (unpaired) electrons. The predicted octanol–water partition coefficient (Wildman–Crippen LogP) is 11.3. The molecule has 0 N–H and O–H groups in total. The fraction of sp³-hybridized carbons (Fsp3) is 0.190. The average molecular weight is 843 g/mol. The molecule has 0 aliphatic carbocycles. The predicted molar refractivity (Wildman–Crippen MR) is 202 cm³/mol. The van der Waals surface area contributed by atoms with Gasteiger partial charge in [0.05, 0.1) is 8.07 Å². The molecule has 0 atom stereocenters. The van der Waals surface area contributed by atoms with Crippen molar-refractivity contribution in [2.24, 2.45) is 5.92 Å². The van der Waals surface area contributed by atoms with E-state index >= 15 is 0 Å². The van der Waals surface area contributed by atoms with Gasteiger partial charge in [0.2, 0.25) is 0 Å². The molecule has 0 amide bonds. The summed E-state index contributed by atoms with van der Waals surface area (Å²) in [5.74, 6) is 0.340. The van der Waals surface area contributed by atoms with E-state index in [2.05, 4.69) is 124 Å². The fourth-order valence-electron chi connectivity index (χ4n) is 5.99. The summed E-state index contributed by atoms with van der Waals surface area (Å²) in [6.45, 7) is 13.7. The van der Waals surface area contributed by atoms with Crippen molar-refractivity contribution < 1.29 is 24.5 Å². The molecule has 0 unspecified atom stereocenters. The van der Waals surface area contributed by atoms with E-state index in [1.807, 2.05) is 35.9 Å². The topological polar surface area (TPSA) is 25.8 Å². The molecular weight excluding hydrogens is 804 g/mol. The molecule has 0 bridgehead atoms. The summed E-state index contributed by atoms with van der Waals surface area (Å²) in [6, 6.07) is 38.5. The maximum Gasteiger partial charge on any atom is 0.0798 e. The van der Waals surface area contributed by atoms with E-state index in [1.165, 1.54) is 59.7 Å². The Hall–Kier alpha value is -3.80. The van der Waals surface area contributed by atoms with Crippen molar-refractivity contribution >= 4 is 44.8 Å². The maximum atomic E-state index is 13.0. The summed E-state index contributed by atoms with van der Waals surface area (Å²) in [5.41, 5.74) is 8.80. The van der Waals surface area contributed by atoms with Crippen LogP contribution in [-0.4, -0.2) is 18.0 Å². The summed E-state index contributed by atoms with van der Waals surface area (Å²) >= 11 is 1.82. The number of thiophene rings is 1. The third kappa shape index (κ3) is 7.90. The number of aromatic nitrogens is 2. The van der Waals surface area contributed by atoms with Crippen molar-refractivity contribution in [1.82, 2.24) is 9.97 Å². The number of fused-ring (bicyclic) bond motifs is 3. The summed E-state index contributed by atoms with van der Waals surface area (Å²) in [5, 5.41) is 4.01. The molecule has 245 valence electrons. The molecule has 0 aliphatic rings. The van der Waals surface area contributed by atoms with Gasteiger partial charge in [-0.1, -0.05) is 105 Å². The Morgan fingerprint density at radius 3 is 2.23 bits per heavy atom. The van der Waals surface area contributed by atoms with Crippen LogP contribution in [0.5, 0.6) is 0 Å². The number of hydrogen-bond donors (Lipinski definition) is 0. The van der Waals surface area contributed by atoms with Gasteiger partial charge in [0.1, 0.15) is 0 Å². The molecule has 3 aromatic heterocycles. The normalized spacial score (nSPS) is 11.3. The number of pyridine rings is 2. The number of hydrogen-bond acceptors (Lipinski definition) is 3. The molecule has 4 aromatic carbocycles. The van der Waals surface area contributed by atoms with Crippen LogP contribution in [0.3, 0.4) is 0 Å². The van der Waals surface area contributed by atoms with Gasteiger partial charge >= 0.3 is 0 Å². The quantitative estimate of drug-likeness (QED) is 0.123. The van der Waals surface area contributed by atoms with Crippen LogP contribution in [-0.2, 0) is 26.5 Å². The van der Waals surface area contributed by atoms with Gasteiger partial charge in [-0.15, -0.1) is 53.6 Å². The Labute approximate surface area is 302 Å². The number of rotatable bonds is 6. The van der Waals surface area contributed by atoms with E-state index in [0.717, 1.165) is 28.9 Å². The monoisotopic (exact) mass is 843 g/mol. The summed E-state index contributed by atoms with van der Waals surface area (Å²) in [4.78, 5) is 9.38. The van der Waals surface area contributed by atoms with Gasteiger partial charge in [-0.25, -0.2) is 0 Å². The van der Waals surface area contributed by atoms with Crippen LogP contribution in [0.25, 0.3) is 53.8 Å². The van der Waals surface area contributed by atoms with Crippen LogP contribution in [0.2, 0.25) is 19.6 Å². The summed E-state index contributed by atoms with van der Waals surface area (Å²) in [6.07, 6.45) is 5.06. The largest absolute Gasteiger partial charge is 0.305 e. The molecule has 0 spiro atoms. The molecule has 0 saturated carbocycles. The van der Waals surface area contributed by atoms with Gasteiger partial charge in [-0.05, 0) is 63.1 Å². The van der Waals surface area contributed by atoms with Crippen LogP contribution < -0.4 is 5.19 Å².